The number of aromatic nitrogens is 3. The van der Waals surface area contributed by atoms with Crippen LogP contribution in [0.3, 0.4) is 0 Å². The summed E-state index contributed by atoms with van der Waals surface area (Å²) >= 11 is 0. The average Bonchev–Trinajstić information content (AvgIpc) is 3.17. The Kier molecular flexibility index (Phi) is 5.33. The third-order valence-corrected chi connectivity index (χ3v) is 5.05. The maximum absolute atomic E-state index is 11.5. The van der Waals surface area contributed by atoms with Crippen LogP contribution in [0.2, 0.25) is 0 Å². The molecule has 0 fully saturated rings. The van der Waals surface area contributed by atoms with E-state index in [1.165, 1.54) is 6.92 Å². The van der Waals surface area contributed by atoms with Gasteiger partial charge in [-0.05, 0) is 55.3 Å². The van der Waals surface area contributed by atoms with Crippen molar-refractivity contribution in [1.29, 1.82) is 5.26 Å². The molecule has 2 heterocycles. The number of nitriles is 1. The Morgan fingerprint density at radius 2 is 1.84 bits per heavy atom. The van der Waals surface area contributed by atoms with E-state index >= 15 is 0 Å². The Bertz CT molecular complexity index is 1290. The van der Waals surface area contributed by atoms with Gasteiger partial charge in [-0.3, -0.25) is 14.5 Å². The number of ketones is 1. The van der Waals surface area contributed by atoms with Gasteiger partial charge in [0.1, 0.15) is 12.3 Å². The molecule has 0 aliphatic carbocycles. The lowest BCUT2D eigenvalue weighted by atomic mass is 9.99. The van der Waals surface area contributed by atoms with Crippen LogP contribution >= 0.6 is 0 Å². The minimum atomic E-state index is 0.0178. The Labute approximate surface area is 180 Å². The second-order valence-corrected chi connectivity index (χ2v) is 7.34. The number of hydrogen-bond donors (Lipinski definition) is 1. The third kappa shape index (κ3) is 4.07. The number of rotatable bonds is 5. The molecule has 2 aromatic carbocycles. The topological polar surface area (TPSA) is 91.8 Å². The van der Waals surface area contributed by atoms with Crippen LogP contribution in [-0.4, -0.2) is 25.7 Å². The third-order valence-electron chi connectivity index (χ3n) is 5.05. The van der Waals surface area contributed by atoms with E-state index in [4.69, 9.17) is 0 Å². The van der Waals surface area contributed by atoms with Crippen LogP contribution < -0.4 is 0 Å². The molecule has 0 saturated heterocycles. The number of Topliss-reactive ketones (excluding diaryl/α,β-unsaturated/α-hetero) is 1. The molecule has 6 heteroatoms. The van der Waals surface area contributed by atoms with Crippen LogP contribution in [0.25, 0.3) is 33.6 Å². The molecule has 0 aliphatic rings. The standard InChI is InChI=1S/C25H20N4O2/c1-16-11-21(13-22(31)12-16)25-23(15-28-29(25)10-8-26)20-7-9-27-24(14-20)19-5-3-18(4-6-19)17(2)30/h3-7,9,11-15,31H,10H2,1-2H3. The highest BCUT2D eigenvalue weighted by molar-refractivity contribution is 5.94. The molecule has 31 heavy (non-hydrogen) atoms. The molecule has 0 radical (unpaired) electrons. The van der Waals surface area contributed by atoms with E-state index in [0.717, 1.165) is 39.2 Å². The molecule has 0 saturated carbocycles. The zero-order valence-corrected chi connectivity index (χ0v) is 17.2. The molecule has 1 N–H and O–H groups in total. The van der Waals surface area contributed by atoms with Gasteiger partial charge in [0.05, 0.1) is 23.7 Å². The lowest BCUT2D eigenvalue weighted by Gasteiger charge is -2.11. The summed E-state index contributed by atoms with van der Waals surface area (Å²) in [5.74, 6) is 0.177. The fraction of sp³-hybridized carbons (Fsp3) is 0.120. The highest BCUT2D eigenvalue weighted by atomic mass is 16.3. The van der Waals surface area contributed by atoms with E-state index in [9.17, 15) is 15.2 Å². The maximum Gasteiger partial charge on any atom is 0.159 e. The predicted octanol–water partition coefficient (Wildman–Crippen LogP) is 5.02. The fourth-order valence-electron chi connectivity index (χ4n) is 3.62. The molecule has 0 spiro atoms. The zero-order valence-electron chi connectivity index (χ0n) is 17.2. The van der Waals surface area contributed by atoms with E-state index in [1.54, 1.807) is 41.3 Å². The molecule has 152 valence electrons. The predicted molar refractivity (Wildman–Crippen MR) is 118 cm³/mol. The van der Waals surface area contributed by atoms with Crippen molar-refractivity contribution in [2.24, 2.45) is 0 Å². The van der Waals surface area contributed by atoms with Crippen LogP contribution in [0, 0.1) is 18.3 Å². The van der Waals surface area contributed by atoms with Gasteiger partial charge in [-0.2, -0.15) is 10.4 Å². The number of carbonyl (C=O) groups excluding carboxylic acids is 1. The largest absolute Gasteiger partial charge is 0.508 e. The molecule has 0 aliphatic heterocycles. The van der Waals surface area contributed by atoms with Crippen molar-refractivity contribution >= 4 is 5.78 Å². The Hall–Kier alpha value is -4.24. The number of aromatic hydroxyl groups is 1. The lowest BCUT2D eigenvalue weighted by Crippen LogP contribution is -2.01. The van der Waals surface area contributed by atoms with Gasteiger partial charge in [-0.15, -0.1) is 0 Å². The van der Waals surface area contributed by atoms with Crippen LogP contribution in [0.1, 0.15) is 22.8 Å². The number of phenols is 1. The molecule has 2 aromatic heterocycles. The van der Waals surface area contributed by atoms with Crippen molar-refractivity contribution in [2.45, 2.75) is 20.4 Å². The summed E-state index contributed by atoms with van der Waals surface area (Å²) in [6.45, 7) is 3.54. The van der Waals surface area contributed by atoms with E-state index in [-0.39, 0.29) is 18.1 Å². The second kappa shape index (κ2) is 8.25. The Morgan fingerprint density at radius 1 is 1.06 bits per heavy atom. The molecular weight excluding hydrogens is 388 g/mol. The lowest BCUT2D eigenvalue weighted by molar-refractivity contribution is 0.101. The molecule has 0 atom stereocenters. The first-order valence-corrected chi connectivity index (χ1v) is 9.78. The number of hydrogen-bond acceptors (Lipinski definition) is 5. The molecule has 0 amide bonds. The minimum Gasteiger partial charge on any atom is -0.508 e. The van der Waals surface area contributed by atoms with Crippen molar-refractivity contribution in [2.75, 3.05) is 0 Å². The van der Waals surface area contributed by atoms with Gasteiger partial charge in [0.2, 0.25) is 0 Å². The van der Waals surface area contributed by atoms with Gasteiger partial charge in [-0.25, -0.2) is 0 Å². The SMILES string of the molecule is CC(=O)c1ccc(-c2cc(-c3cnn(CC#N)c3-c3cc(C)cc(O)c3)ccn2)cc1. The van der Waals surface area contributed by atoms with Gasteiger partial charge in [0.25, 0.3) is 0 Å². The summed E-state index contributed by atoms with van der Waals surface area (Å²) in [5, 5.41) is 23.7. The fourth-order valence-corrected chi connectivity index (χ4v) is 3.62. The van der Waals surface area contributed by atoms with E-state index in [1.807, 2.05) is 37.3 Å². The van der Waals surface area contributed by atoms with Crippen molar-refractivity contribution < 1.29 is 9.90 Å². The minimum absolute atomic E-state index is 0.0178. The number of pyridine rings is 1. The number of phenolic OH excluding ortho intramolecular Hbond substituents is 1. The smallest absolute Gasteiger partial charge is 0.159 e. The molecule has 4 aromatic rings. The molecule has 0 bridgehead atoms. The molecule has 6 nitrogen and oxygen atoms in total. The normalized spacial score (nSPS) is 10.6. The summed E-state index contributed by atoms with van der Waals surface area (Å²) < 4.78 is 1.63. The van der Waals surface area contributed by atoms with Crippen molar-refractivity contribution in [1.82, 2.24) is 14.8 Å². The van der Waals surface area contributed by atoms with E-state index < -0.39 is 0 Å². The van der Waals surface area contributed by atoms with Crippen LogP contribution in [0.15, 0.2) is 67.0 Å². The summed E-state index contributed by atoms with van der Waals surface area (Å²) in [6.07, 6.45) is 3.45. The summed E-state index contributed by atoms with van der Waals surface area (Å²) in [6, 6.07) is 18.6. The summed E-state index contributed by atoms with van der Waals surface area (Å²) in [5.41, 5.74) is 6.48. The van der Waals surface area contributed by atoms with Gasteiger partial charge < -0.3 is 5.11 Å². The first-order chi connectivity index (χ1) is 15.0. The van der Waals surface area contributed by atoms with Crippen molar-refractivity contribution in [3.05, 3.63) is 78.1 Å². The number of nitrogens with zero attached hydrogens (tertiary/aromatic N) is 4. The monoisotopic (exact) mass is 408 g/mol. The van der Waals surface area contributed by atoms with E-state index in [0.29, 0.717) is 5.56 Å². The zero-order chi connectivity index (χ0) is 22.0. The first-order valence-electron chi connectivity index (χ1n) is 9.78. The highest BCUT2D eigenvalue weighted by Crippen LogP contribution is 2.35. The Morgan fingerprint density at radius 3 is 2.52 bits per heavy atom. The number of carbonyl (C=O) groups is 1. The summed E-state index contributed by atoms with van der Waals surface area (Å²) in [4.78, 5) is 16.0. The first kappa shape index (κ1) is 20.0. The highest BCUT2D eigenvalue weighted by Gasteiger charge is 2.17. The van der Waals surface area contributed by atoms with E-state index in [2.05, 4.69) is 16.2 Å². The van der Waals surface area contributed by atoms with Gasteiger partial charge in [-0.1, -0.05) is 24.3 Å². The molecule has 4 rings (SSSR count). The van der Waals surface area contributed by atoms with Gasteiger partial charge >= 0.3 is 0 Å². The molecule has 0 unspecified atom stereocenters. The second-order valence-electron chi connectivity index (χ2n) is 7.34. The van der Waals surface area contributed by atoms with Gasteiger partial charge in [0.15, 0.2) is 5.78 Å². The Balaban J connectivity index is 1.83. The molecular formula is C25H20N4O2. The maximum atomic E-state index is 11.5. The number of benzene rings is 2. The van der Waals surface area contributed by atoms with Crippen LogP contribution in [-0.2, 0) is 6.54 Å². The van der Waals surface area contributed by atoms with Crippen molar-refractivity contribution in [3.63, 3.8) is 0 Å². The quantitative estimate of drug-likeness (QED) is 0.468. The number of aryl methyl sites for hydroxylation is 1. The van der Waals surface area contributed by atoms with Crippen LogP contribution in [0.5, 0.6) is 5.75 Å². The summed E-state index contributed by atoms with van der Waals surface area (Å²) in [7, 11) is 0. The van der Waals surface area contributed by atoms with Gasteiger partial charge in [0, 0.05) is 28.5 Å². The average molecular weight is 408 g/mol. The van der Waals surface area contributed by atoms with Crippen molar-refractivity contribution in [3.8, 4) is 45.5 Å². The van der Waals surface area contributed by atoms with Crippen LogP contribution in [0.4, 0.5) is 0 Å².